The van der Waals surface area contributed by atoms with E-state index in [-0.39, 0.29) is 29.8 Å². The van der Waals surface area contributed by atoms with Crippen LogP contribution in [-0.4, -0.2) is 29.1 Å². The molecule has 4 nitrogen and oxygen atoms in total. The summed E-state index contributed by atoms with van der Waals surface area (Å²) in [7, 11) is 0. The van der Waals surface area contributed by atoms with Crippen molar-refractivity contribution < 1.29 is 9.90 Å². The molecule has 0 unspecified atom stereocenters. The molecule has 1 amide bonds. The number of pyridine rings is 1. The Bertz CT molecular complexity index is 346. The van der Waals surface area contributed by atoms with Gasteiger partial charge in [-0.25, -0.2) is 4.98 Å². The number of nitrogens with zero attached hydrogens (tertiary/aromatic N) is 1. The summed E-state index contributed by atoms with van der Waals surface area (Å²) < 4.78 is 0.677. The summed E-state index contributed by atoms with van der Waals surface area (Å²) in [6, 6.07) is 1.57. The van der Waals surface area contributed by atoms with Gasteiger partial charge in [0, 0.05) is 17.2 Å². The van der Waals surface area contributed by atoms with Gasteiger partial charge >= 0.3 is 0 Å². The van der Waals surface area contributed by atoms with E-state index in [4.69, 9.17) is 16.7 Å². The number of hydrogen-bond donors (Lipinski definition) is 2. The van der Waals surface area contributed by atoms with Crippen molar-refractivity contribution in [3.63, 3.8) is 0 Å². The van der Waals surface area contributed by atoms with Gasteiger partial charge < -0.3 is 10.4 Å². The third kappa shape index (κ3) is 2.94. The average Bonchev–Trinajstić information content (AvgIpc) is 2.18. The molecule has 0 aromatic carbocycles. The van der Waals surface area contributed by atoms with Crippen molar-refractivity contribution in [2.75, 3.05) is 13.2 Å². The highest BCUT2D eigenvalue weighted by molar-refractivity contribution is 9.10. The Morgan fingerprint density at radius 2 is 2.43 bits per heavy atom. The molecule has 76 valence electrons. The monoisotopic (exact) mass is 278 g/mol. The highest BCUT2D eigenvalue weighted by Gasteiger charge is 2.10. The largest absolute Gasteiger partial charge is 0.395 e. The molecule has 0 radical (unpaired) electrons. The van der Waals surface area contributed by atoms with Gasteiger partial charge in [0.2, 0.25) is 0 Å². The van der Waals surface area contributed by atoms with E-state index in [2.05, 4.69) is 26.2 Å². The molecule has 0 aliphatic carbocycles. The zero-order chi connectivity index (χ0) is 10.6. The van der Waals surface area contributed by atoms with Crippen LogP contribution in [0, 0.1) is 0 Å². The highest BCUT2D eigenvalue weighted by atomic mass is 79.9. The highest BCUT2D eigenvalue weighted by Crippen LogP contribution is 2.17. The van der Waals surface area contributed by atoms with Crippen LogP contribution in [0.15, 0.2) is 16.7 Å². The maximum Gasteiger partial charge on any atom is 0.254 e. The molecule has 0 atom stereocenters. The van der Waals surface area contributed by atoms with Gasteiger partial charge in [-0.2, -0.15) is 0 Å². The Labute approximate surface area is 94.4 Å². The number of aromatic nitrogens is 1. The van der Waals surface area contributed by atoms with Gasteiger partial charge in [-0.1, -0.05) is 11.6 Å². The lowest BCUT2D eigenvalue weighted by Crippen LogP contribution is -2.26. The van der Waals surface area contributed by atoms with Gasteiger partial charge in [-0.3, -0.25) is 4.79 Å². The number of amides is 1. The van der Waals surface area contributed by atoms with E-state index in [1.807, 2.05) is 0 Å². The van der Waals surface area contributed by atoms with Gasteiger partial charge in [0.25, 0.3) is 5.91 Å². The van der Waals surface area contributed by atoms with Crippen molar-refractivity contribution in [1.82, 2.24) is 10.3 Å². The first-order valence-electron chi connectivity index (χ1n) is 3.85. The Hall–Kier alpha value is -0.650. The molecular weight excluding hydrogens is 271 g/mol. The van der Waals surface area contributed by atoms with Crippen molar-refractivity contribution in [1.29, 1.82) is 0 Å². The van der Waals surface area contributed by atoms with E-state index in [1.165, 1.54) is 6.20 Å². The van der Waals surface area contributed by atoms with Crippen LogP contribution in [0.2, 0.25) is 5.15 Å². The molecule has 0 bridgehead atoms. The van der Waals surface area contributed by atoms with Gasteiger partial charge in [0.1, 0.15) is 5.15 Å². The molecular formula is C8H8BrClN2O2. The zero-order valence-corrected chi connectivity index (χ0v) is 9.47. The minimum Gasteiger partial charge on any atom is -0.395 e. The van der Waals surface area contributed by atoms with Crippen molar-refractivity contribution >= 4 is 33.4 Å². The Morgan fingerprint density at radius 1 is 1.71 bits per heavy atom. The maximum atomic E-state index is 11.4. The van der Waals surface area contributed by atoms with Gasteiger partial charge in [-0.15, -0.1) is 0 Å². The van der Waals surface area contributed by atoms with Crippen LogP contribution in [0.5, 0.6) is 0 Å². The standard InChI is InChI=1S/C8H8BrClN2O2/c9-5-3-6(7(10)12-4-5)8(14)11-1-2-13/h3-4,13H,1-2H2,(H,11,14). The van der Waals surface area contributed by atoms with Gasteiger partial charge in [0.15, 0.2) is 0 Å². The van der Waals surface area contributed by atoms with Crippen LogP contribution in [0.25, 0.3) is 0 Å². The topological polar surface area (TPSA) is 62.2 Å². The molecule has 0 aliphatic rings. The second kappa shape index (κ2) is 5.29. The third-order valence-corrected chi connectivity index (χ3v) is 2.18. The summed E-state index contributed by atoms with van der Waals surface area (Å²) in [5.41, 5.74) is 0.287. The fraction of sp³-hybridized carbons (Fsp3) is 0.250. The van der Waals surface area contributed by atoms with E-state index in [9.17, 15) is 4.79 Å². The molecule has 0 spiro atoms. The lowest BCUT2D eigenvalue weighted by atomic mass is 10.2. The lowest BCUT2D eigenvalue weighted by molar-refractivity contribution is 0.0944. The van der Waals surface area contributed by atoms with Crippen LogP contribution < -0.4 is 5.32 Å². The number of rotatable bonds is 3. The van der Waals surface area contributed by atoms with E-state index in [0.717, 1.165) is 0 Å². The number of nitrogens with one attached hydrogen (secondary N) is 1. The number of halogens is 2. The number of carbonyl (C=O) groups is 1. The van der Waals surface area contributed by atoms with Crippen molar-refractivity contribution in [3.05, 3.63) is 27.5 Å². The predicted octanol–water partition coefficient (Wildman–Crippen LogP) is 1.22. The van der Waals surface area contributed by atoms with Crippen LogP contribution >= 0.6 is 27.5 Å². The molecule has 0 aliphatic heterocycles. The number of carbonyl (C=O) groups excluding carboxylic acids is 1. The number of aliphatic hydroxyl groups excluding tert-OH is 1. The average molecular weight is 280 g/mol. The van der Waals surface area contributed by atoms with E-state index >= 15 is 0 Å². The predicted molar refractivity (Wildman–Crippen MR) is 56.4 cm³/mol. The quantitative estimate of drug-likeness (QED) is 0.818. The Kier molecular flexibility index (Phi) is 4.31. The smallest absolute Gasteiger partial charge is 0.254 e. The second-order valence-corrected chi connectivity index (χ2v) is 3.75. The Morgan fingerprint density at radius 3 is 3.07 bits per heavy atom. The van der Waals surface area contributed by atoms with Gasteiger partial charge in [-0.05, 0) is 22.0 Å². The summed E-state index contributed by atoms with van der Waals surface area (Å²) in [4.78, 5) is 15.2. The summed E-state index contributed by atoms with van der Waals surface area (Å²) >= 11 is 8.90. The summed E-state index contributed by atoms with van der Waals surface area (Å²) in [6.07, 6.45) is 1.51. The number of aliphatic hydroxyl groups is 1. The molecule has 0 fully saturated rings. The second-order valence-electron chi connectivity index (χ2n) is 2.47. The first-order chi connectivity index (χ1) is 6.65. The van der Waals surface area contributed by atoms with Crippen molar-refractivity contribution in [3.8, 4) is 0 Å². The molecule has 1 rings (SSSR count). The van der Waals surface area contributed by atoms with Gasteiger partial charge in [0.05, 0.1) is 12.2 Å². The molecule has 1 aromatic heterocycles. The number of hydrogen-bond acceptors (Lipinski definition) is 3. The van der Waals surface area contributed by atoms with Crippen molar-refractivity contribution in [2.24, 2.45) is 0 Å². The maximum absolute atomic E-state index is 11.4. The first-order valence-corrected chi connectivity index (χ1v) is 5.02. The minimum absolute atomic E-state index is 0.106. The summed E-state index contributed by atoms with van der Waals surface area (Å²) in [5.74, 6) is -0.349. The molecule has 0 saturated heterocycles. The van der Waals surface area contributed by atoms with E-state index in [0.29, 0.717) is 4.47 Å². The normalized spacial score (nSPS) is 9.93. The minimum atomic E-state index is -0.349. The van der Waals surface area contributed by atoms with Crippen LogP contribution in [0.1, 0.15) is 10.4 Å². The first kappa shape index (κ1) is 11.4. The fourth-order valence-corrected chi connectivity index (χ4v) is 1.37. The molecule has 6 heteroatoms. The lowest BCUT2D eigenvalue weighted by Gasteiger charge is -2.04. The van der Waals surface area contributed by atoms with Crippen LogP contribution in [-0.2, 0) is 0 Å². The molecule has 1 aromatic rings. The van der Waals surface area contributed by atoms with E-state index in [1.54, 1.807) is 6.07 Å². The van der Waals surface area contributed by atoms with E-state index < -0.39 is 0 Å². The zero-order valence-electron chi connectivity index (χ0n) is 7.13. The molecule has 0 saturated carbocycles. The van der Waals surface area contributed by atoms with Crippen molar-refractivity contribution in [2.45, 2.75) is 0 Å². The molecule has 14 heavy (non-hydrogen) atoms. The van der Waals surface area contributed by atoms with Crippen LogP contribution in [0.4, 0.5) is 0 Å². The molecule has 2 N–H and O–H groups in total. The summed E-state index contributed by atoms with van der Waals surface area (Å²) in [5, 5.41) is 11.1. The fourth-order valence-electron chi connectivity index (χ4n) is 0.846. The third-order valence-electron chi connectivity index (χ3n) is 1.45. The Balaban J connectivity index is 2.83. The van der Waals surface area contributed by atoms with Crippen LogP contribution in [0.3, 0.4) is 0 Å². The molecule has 1 heterocycles. The summed E-state index contributed by atoms with van der Waals surface area (Å²) in [6.45, 7) is 0.0897. The SMILES string of the molecule is O=C(NCCO)c1cc(Br)cnc1Cl.